The van der Waals surface area contributed by atoms with Crippen LogP contribution in [0.15, 0.2) is 30.3 Å². The third-order valence-electron chi connectivity index (χ3n) is 2.79. The molecule has 0 aliphatic carbocycles. The van der Waals surface area contributed by atoms with Crippen molar-refractivity contribution in [3.8, 4) is 0 Å². The van der Waals surface area contributed by atoms with Crippen molar-refractivity contribution in [2.24, 2.45) is 0 Å². The zero-order valence-corrected chi connectivity index (χ0v) is 15.5. The lowest BCUT2D eigenvalue weighted by Crippen LogP contribution is -2.24. The van der Waals surface area contributed by atoms with E-state index >= 15 is 0 Å². The predicted molar refractivity (Wildman–Crippen MR) is 96.7 cm³/mol. The smallest absolute Gasteiger partial charge is 0.411 e. The standard InChI is InChI=1S/C9H11NO2.C9H20O4/c1-2-12-9(11)10-8-6-4-3-5-7-8;1-7(11)5-12-9(3)6-13-8(2)4-10/h3-7H,2H2,1H3,(H,10,11);7-11H,4-6H2,1-3H3. The molecule has 0 bridgehead atoms. The number of para-hydroxylation sites is 1. The van der Waals surface area contributed by atoms with Gasteiger partial charge in [-0.2, -0.15) is 0 Å². The number of aliphatic hydroxyl groups is 2. The fourth-order valence-corrected chi connectivity index (χ4v) is 1.51. The fraction of sp³-hybridized carbons (Fsp3) is 0.611. The topological polar surface area (TPSA) is 97.2 Å². The van der Waals surface area contributed by atoms with Crippen molar-refractivity contribution >= 4 is 11.8 Å². The summed E-state index contributed by atoms with van der Waals surface area (Å²) < 4.78 is 15.2. The van der Waals surface area contributed by atoms with Gasteiger partial charge in [0, 0.05) is 5.69 Å². The Labute approximate surface area is 149 Å². The van der Waals surface area contributed by atoms with Crippen molar-refractivity contribution < 1.29 is 29.2 Å². The minimum Gasteiger partial charge on any atom is -0.450 e. The number of ether oxygens (including phenoxy) is 3. The van der Waals surface area contributed by atoms with E-state index in [1.54, 1.807) is 32.9 Å². The molecule has 0 spiro atoms. The maximum absolute atomic E-state index is 10.9. The summed E-state index contributed by atoms with van der Waals surface area (Å²) in [5.41, 5.74) is 0.746. The number of nitrogens with one attached hydrogen (secondary N) is 1. The second kappa shape index (κ2) is 14.7. The van der Waals surface area contributed by atoms with Crippen LogP contribution in [-0.4, -0.2) is 61.0 Å². The van der Waals surface area contributed by atoms with Gasteiger partial charge < -0.3 is 24.4 Å². The molecule has 3 atom stereocenters. The lowest BCUT2D eigenvalue weighted by Gasteiger charge is -2.16. The molecule has 1 aromatic rings. The molecule has 0 saturated heterocycles. The molecule has 1 rings (SSSR count). The van der Waals surface area contributed by atoms with Gasteiger partial charge in [-0.15, -0.1) is 0 Å². The van der Waals surface area contributed by atoms with Gasteiger partial charge in [0.05, 0.1) is 44.7 Å². The van der Waals surface area contributed by atoms with Gasteiger partial charge in [0.25, 0.3) is 0 Å². The van der Waals surface area contributed by atoms with E-state index in [4.69, 9.17) is 24.4 Å². The summed E-state index contributed by atoms with van der Waals surface area (Å²) in [5, 5.41) is 20.2. The van der Waals surface area contributed by atoms with Crippen molar-refractivity contribution in [3.63, 3.8) is 0 Å². The summed E-state index contributed by atoms with van der Waals surface area (Å²) in [6.45, 7) is 8.26. The minimum absolute atomic E-state index is 0.0170. The molecule has 1 amide bonds. The van der Waals surface area contributed by atoms with E-state index < -0.39 is 12.2 Å². The summed E-state index contributed by atoms with van der Waals surface area (Å²) in [7, 11) is 0. The summed E-state index contributed by atoms with van der Waals surface area (Å²) in [6.07, 6.45) is -1.07. The summed E-state index contributed by atoms with van der Waals surface area (Å²) in [4.78, 5) is 10.9. The molecule has 7 heteroatoms. The highest BCUT2D eigenvalue weighted by molar-refractivity contribution is 5.84. The fourth-order valence-electron chi connectivity index (χ4n) is 1.51. The van der Waals surface area contributed by atoms with Crippen LogP contribution >= 0.6 is 0 Å². The van der Waals surface area contributed by atoms with Gasteiger partial charge in [0.1, 0.15) is 0 Å². The van der Waals surface area contributed by atoms with Crippen LogP contribution in [0.2, 0.25) is 0 Å². The average molecular weight is 357 g/mol. The van der Waals surface area contributed by atoms with Crippen molar-refractivity contribution in [1.29, 1.82) is 0 Å². The lowest BCUT2D eigenvalue weighted by molar-refractivity contribution is -0.0620. The van der Waals surface area contributed by atoms with E-state index in [0.29, 0.717) is 19.8 Å². The normalized spacial score (nSPS) is 13.8. The van der Waals surface area contributed by atoms with E-state index in [0.717, 1.165) is 5.69 Å². The maximum atomic E-state index is 10.9. The number of rotatable bonds is 9. The van der Waals surface area contributed by atoms with Gasteiger partial charge in [-0.1, -0.05) is 18.2 Å². The Hall–Kier alpha value is -1.67. The Bertz CT molecular complexity index is 440. The molecule has 0 fully saturated rings. The first-order chi connectivity index (χ1) is 11.9. The maximum Gasteiger partial charge on any atom is 0.411 e. The first-order valence-electron chi connectivity index (χ1n) is 8.39. The van der Waals surface area contributed by atoms with Gasteiger partial charge in [-0.25, -0.2) is 4.79 Å². The van der Waals surface area contributed by atoms with E-state index in [1.807, 2.05) is 25.1 Å². The second-order valence-corrected chi connectivity index (χ2v) is 5.53. The van der Waals surface area contributed by atoms with Crippen LogP contribution in [0.3, 0.4) is 0 Å². The van der Waals surface area contributed by atoms with Gasteiger partial charge in [0.15, 0.2) is 0 Å². The Morgan fingerprint density at radius 2 is 1.68 bits per heavy atom. The monoisotopic (exact) mass is 357 g/mol. The number of amides is 1. The van der Waals surface area contributed by atoms with Crippen molar-refractivity contribution in [2.45, 2.75) is 46.0 Å². The summed E-state index contributed by atoms with van der Waals surface area (Å²) in [6, 6.07) is 9.19. The molecule has 0 aliphatic heterocycles. The van der Waals surface area contributed by atoms with Crippen LogP contribution < -0.4 is 5.32 Å². The van der Waals surface area contributed by atoms with Crippen molar-refractivity contribution in [1.82, 2.24) is 0 Å². The molecule has 7 nitrogen and oxygen atoms in total. The van der Waals surface area contributed by atoms with Crippen molar-refractivity contribution in [2.75, 3.05) is 31.7 Å². The molecule has 3 unspecified atom stereocenters. The van der Waals surface area contributed by atoms with Gasteiger partial charge in [-0.05, 0) is 39.8 Å². The quantitative estimate of drug-likeness (QED) is 0.628. The highest BCUT2D eigenvalue weighted by Gasteiger charge is 2.07. The highest BCUT2D eigenvalue weighted by atomic mass is 16.6. The number of hydrogen-bond donors (Lipinski definition) is 3. The van der Waals surface area contributed by atoms with Crippen molar-refractivity contribution in [3.05, 3.63) is 30.3 Å². The predicted octanol–water partition coefficient (Wildman–Crippen LogP) is 2.42. The summed E-state index contributed by atoms with van der Waals surface area (Å²) >= 11 is 0. The number of anilines is 1. The number of carbonyl (C=O) groups excluding carboxylic acids is 1. The third kappa shape index (κ3) is 14.4. The van der Waals surface area contributed by atoms with Gasteiger partial charge >= 0.3 is 6.09 Å². The molecule has 0 heterocycles. The molecule has 144 valence electrons. The van der Waals surface area contributed by atoms with E-state index in [9.17, 15) is 4.79 Å². The first kappa shape index (κ1) is 23.3. The minimum atomic E-state index is -0.447. The number of aliphatic hydroxyl groups excluding tert-OH is 2. The Kier molecular flexibility index (Phi) is 13.7. The van der Waals surface area contributed by atoms with Crippen LogP contribution in [0.4, 0.5) is 10.5 Å². The van der Waals surface area contributed by atoms with Crippen LogP contribution in [-0.2, 0) is 14.2 Å². The SMILES string of the molecule is CC(O)COC(C)COC(C)CO.CCOC(=O)Nc1ccccc1. The molecule has 0 aliphatic rings. The average Bonchev–Trinajstić information content (AvgIpc) is 2.59. The zero-order valence-electron chi connectivity index (χ0n) is 15.5. The number of hydrogen-bond acceptors (Lipinski definition) is 6. The van der Waals surface area contributed by atoms with Gasteiger partial charge in [0.2, 0.25) is 0 Å². The molecule has 0 radical (unpaired) electrons. The second-order valence-electron chi connectivity index (χ2n) is 5.53. The Morgan fingerprint density at radius 1 is 1.08 bits per heavy atom. The van der Waals surface area contributed by atoms with Gasteiger partial charge in [-0.3, -0.25) is 5.32 Å². The zero-order chi connectivity index (χ0) is 19.1. The van der Waals surface area contributed by atoms with Crippen LogP contribution in [0.5, 0.6) is 0 Å². The van der Waals surface area contributed by atoms with E-state index in [2.05, 4.69) is 5.32 Å². The molecule has 3 N–H and O–H groups in total. The van der Waals surface area contributed by atoms with Crippen LogP contribution in [0.1, 0.15) is 27.7 Å². The Balaban J connectivity index is 0.000000462. The molecule has 0 saturated carbocycles. The van der Waals surface area contributed by atoms with E-state index in [-0.39, 0.29) is 18.8 Å². The largest absolute Gasteiger partial charge is 0.450 e. The molecule has 1 aromatic carbocycles. The van der Waals surface area contributed by atoms with E-state index in [1.165, 1.54) is 0 Å². The molecular formula is C18H31NO6. The van der Waals surface area contributed by atoms with Crippen LogP contribution in [0.25, 0.3) is 0 Å². The third-order valence-corrected chi connectivity index (χ3v) is 2.79. The first-order valence-corrected chi connectivity index (χ1v) is 8.39. The summed E-state index contributed by atoms with van der Waals surface area (Å²) in [5.74, 6) is 0. The van der Waals surface area contributed by atoms with Crippen LogP contribution in [0, 0.1) is 0 Å². The number of benzene rings is 1. The Morgan fingerprint density at radius 3 is 2.20 bits per heavy atom. The lowest BCUT2D eigenvalue weighted by atomic mass is 10.3. The highest BCUT2D eigenvalue weighted by Crippen LogP contribution is 2.04. The number of carbonyl (C=O) groups is 1. The molecule has 0 aromatic heterocycles. The molecule has 25 heavy (non-hydrogen) atoms. The molecular weight excluding hydrogens is 326 g/mol.